The maximum Gasteiger partial charge on any atom is 0.251 e. The van der Waals surface area contributed by atoms with Crippen LogP contribution in [-0.4, -0.2) is 60.2 Å². The Kier molecular flexibility index (Phi) is 9.27. The molecule has 0 fully saturated rings. The second-order valence-corrected chi connectivity index (χ2v) is 9.62. The third-order valence-electron chi connectivity index (χ3n) is 6.73. The first-order valence-electron chi connectivity index (χ1n) is 13.2. The highest BCUT2D eigenvalue weighted by Gasteiger charge is 2.21. The zero-order chi connectivity index (χ0) is 28.6. The van der Waals surface area contributed by atoms with E-state index in [0.29, 0.717) is 42.3 Å². The summed E-state index contributed by atoms with van der Waals surface area (Å²) < 4.78 is 18.0. The number of amides is 2. The fourth-order valence-corrected chi connectivity index (χ4v) is 4.66. The van der Waals surface area contributed by atoms with Crippen molar-refractivity contribution in [2.75, 3.05) is 27.9 Å². The molecule has 0 aliphatic rings. The molecule has 2 amide bonds. The number of benzene rings is 3. The number of methoxy groups -OCH3 is 3. The number of rotatable bonds is 12. The SMILES string of the molecule is COc1cc(C(=O)NCCc2nc3ccccc3n2CC(=O)N(Cc2ccccc2)C(C)C)cc(OC)c1OC. The fourth-order valence-electron chi connectivity index (χ4n) is 4.66. The molecular weight excluding hydrogens is 508 g/mol. The van der Waals surface area contributed by atoms with Crippen LogP contribution in [0, 0.1) is 0 Å². The minimum absolute atomic E-state index is 0.00437. The quantitative estimate of drug-likeness (QED) is 0.283. The summed E-state index contributed by atoms with van der Waals surface area (Å²) in [6.45, 7) is 5.05. The molecule has 9 nitrogen and oxygen atoms in total. The summed E-state index contributed by atoms with van der Waals surface area (Å²) >= 11 is 0. The lowest BCUT2D eigenvalue weighted by Gasteiger charge is -2.27. The van der Waals surface area contributed by atoms with E-state index in [9.17, 15) is 9.59 Å². The van der Waals surface area contributed by atoms with Gasteiger partial charge in [0.15, 0.2) is 11.5 Å². The highest BCUT2D eigenvalue weighted by Crippen LogP contribution is 2.38. The Hall–Kier alpha value is -4.53. The Morgan fingerprint density at radius 1 is 0.925 bits per heavy atom. The Bertz CT molecular complexity index is 1440. The molecule has 4 aromatic rings. The lowest BCUT2D eigenvalue weighted by atomic mass is 10.1. The molecule has 0 aliphatic heterocycles. The Morgan fingerprint density at radius 2 is 1.57 bits per heavy atom. The Balaban J connectivity index is 1.51. The van der Waals surface area contributed by atoms with E-state index in [1.54, 1.807) is 12.1 Å². The van der Waals surface area contributed by atoms with Gasteiger partial charge in [-0.25, -0.2) is 4.98 Å². The topological polar surface area (TPSA) is 94.9 Å². The molecule has 0 atom stereocenters. The Morgan fingerprint density at radius 3 is 2.20 bits per heavy atom. The van der Waals surface area contributed by atoms with Crippen molar-refractivity contribution in [3.05, 3.63) is 83.7 Å². The van der Waals surface area contributed by atoms with Gasteiger partial charge in [0.1, 0.15) is 12.4 Å². The summed E-state index contributed by atoms with van der Waals surface area (Å²) in [5, 5.41) is 2.95. The highest BCUT2D eigenvalue weighted by atomic mass is 16.5. The molecule has 0 bridgehead atoms. The van der Waals surface area contributed by atoms with E-state index in [0.717, 1.165) is 22.4 Å². The lowest BCUT2D eigenvalue weighted by Crippen LogP contribution is -2.39. The minimum Gasteiger partial charge on any atom is -0.493 e. The van der Waals surface area contributed by atoms with Gasteiger partial charge in [0.2, 0.25) is 11.7 Å². The molecule has 1 aromatic heterocycles. The molecule has 0 spiro atoms. The van der Waals surface area contributed by atoms with E-state index in [-0.39, 0.29) is 24.4 Å². The third kappa shape index (κ3) is 6.36. The lowest BCUT2D eigenvalue weighted by molar-refractivity contribution is -0.134. The molecule has 40 heavy (non-hydrogen) atoms. The van der Waals surface area contributed by atoms with Gasteiger partial charge in [-0.15, -0.1) is 0 Å². The number of hydrogen-bond acceptors (Lipinski definition) is 6. The van der Waals surface area contributed by atoms with Gasteiger partial charge < -0.3 is 29.0 Å². The number of nitrogens with zero attached hydrogens (tertiary/aromatic N) is 3. The zero-order valence-corrected chi connectivity index (χ0v) is 23.6. The molecule has 0 radical (unpaired) electrons. The molecule has 1 N–H and O–H groups in total. The fraction of sp³-hybridized carbons (Fsp3) is 0.323. The van der Waals surface area contributed by atoms with Crippen LogP contribution in [0.5, 0.6) is 17.2 Å². The van der Waals surface area contributed by atoms with Crippen LogP contribution in [0.2, 0.25) is 0 Å². The first-order chi connectivity index (χ1) is 19.4. The summed E-state index contributed by atoms with van der Waals surface area (Å²) in [4.78, 5) is 33.2. The third-order valence-corrected chi connectivity index (χ3v) is 6.73. The Labute approximate surface area is 234 Å². The molecule has 1 heterocycles. The average Bonchev–Trinajstić information content (AvgIpc) is 3.31. The summed E-state index contributed by atoms with van der Waals surface area (Å²) in [5.74, 6) is 1.66. The van der Waals surface area contributed by atoms with Gasteiger partial charge in [0, 0.05) is 31.1 Å². The van der Waals surface area contributed by atoms with Crippen LogP contribution in [0.1, 0.15) is 35.6 Å². The summed E-state index contributed by atoms with van der Waals surface area (Å²) in [7, 11) is 4.52. The predicted molar refractivity (Wildman–Crippen MR) is 154 cm³/mol. The number of fused-ring (bicyclic) bond motifs is 1. The zero-order valence-electron chi connectivity index (χ0n) is 23.6. The minimum atomic E-state index is -0.285. The molecule has 0 unspecified atom stereocenters. The first kappa shape index (κ1) is 28.5. The normalized spacial score (nSPS) is 10.9. The van der Waals surface area contributed by atoms with Gasteiger partial charge in [-0.05, 0) is 43.7 Å². The van der Waals surface area contributed by atoms with Crippen molar-refractivity contribution in [2.24, 2.45) is 0 Å². The molecular formula is C31H36N4O5. The number of imidazole rings is 1. The van der Waals surface area contributed by atoms with Crippen molar-refractivity contribution in [2.45, 2.75) is 39.4 Å². The standard InChI is InChI=1S/C31H36N4O5/c1-21(2)34(19-22-11-7-6-8-12-22)29(36)20-35-25-14-10-9-13-24(25)33-28(35)15-16-32-31(37)23-17-26(38-3)30(40-5)27(18-23)39-4/h6-14,17-18,21H,15-16,19-20H2,1-5H3,(H,32,37). The van der Waals surface area contributed by atoms with Crippen molar-refractivity contribution in [1.82, 2.24) is 19.8 Å². The largest absolute Gasteiger partial charge is 0.493 e. The number of nitrogens with one attached hydrogen (secondary N) is 1. The molecule has 0 saturated carbocycles. The van der Waals surface area contributed by atoms with Crippen LogP contribution in [-0.2, 0) is 24.3 Å². The second kappa shape index (κ2) is 13.0. The number of hydrogen-bond donors (Lipinski definition) is 1. The van der Waals surface area contributed by atoms with Crippen LogP contribution in [0.25, 0.3) is 11.0 Å². The molecule has 0 aliphatic carbocycles. The van der Waals surface area contributed by atoms with Crippen LogP contribution in [0.15, 0.2) is 66.7 Å². The van der Waals surface area contributed by atoms with Gasteiger partial charge in [0.05, 0.1) is 32.4 Å². The molecule has 0 saturated heterocycles. The van der Waals surface area contributed by atoms with E-state index in [2.05, 4.69) is 5.32 Å². The van der Waals surface area contributed by atoms with Crippen LogP contribution in [0.4, 0.5) is 0 Å². The maximum atomic E-state index is 13.6. The molecule has 3 aromatic carbocycles. The van der Waals surface area contributed by atoms with E-state index in [4.69, 9.17) is 19.2 Å². The number of aromatic nitrogens is 2. The van der Waals surface area contributed by atoms with Crippen LogP contribution < -0.4 is 19.5 Å². The predicted octanol–water partition coefficient (Wildman–Crippen LogP) is 4.47. The smallest absolute Gasteiger partial charge is 0.251 e. The van der Waals surface area contributed by atoms with Gasteiger partial charge in [0.25, 0.3) is 5.91 Å². The van der Waals surface area contributed by atoms with E-state index >= 15 is 0 Å². The molecule has 9 heteroatoms. The van der Waals surface area contributed by atoms with Gasteiger partial charge in [-0.3, -0.25) is 9.59 Å². The first-order valence-corrected chi connectivity index (χ1v) is 13.2. The number of carbonyl (C=O) groups is 2. The van der Waals surface area contributed by atoms with Crippen molar-refractivity contribution in [1.29, 1.82) is 0 Å². The number of carbonyl (C=O) groups excluding carboxylic acids is 2. The number of ether oxygens (including phenoxy) is 3. The molecule has 210 valence electrons. The molecule has 4 rings (SSSR count). The van der Waals surface area contributed by atoms with E-state index < -0.39 is 0 Å². The van der Waals surface area contributed by atoms with Crippen molar-refractivity contribution < 1.29 is 23.8 Å². The maximum absolute atomic E-state index is 13.6. The average molecular weight is 545 g/mol. The van der Waals surface area contributed by atoms with Gasteiger partial charge >= 0.3 is 0 Å². The van der Waals surface area contributed by atoms with Gasteiger partial charge in [-0.1, -0.05) is 42.5 Å². The number of para-hydroxylation sites is 2. The monoisotopic (exact) mass is 544 g/mol. The van der Waals surface area contributed by atoms with Crippen LogP contribution in [0.3, 0.4) is 0 Å². The van der Waals surface area contributed by atoms with Crippen LogP contribution >= 0.6 is 0 Å². The highest BCUT2D eigenvalue weighted by molar-refractivity contribution is 5.95. The second-order valence-electron chi connectivity index (χ2n) is 9.62. The van der Waals surface area contributed by atoms with Gasteiger partial charge in [-0.2, -0.15) is 0 Å². The van der Waals surface area contributed by atoms with Crippen molar-refractivity contribution in [3.8, 4) is 17.2 Å². The van der Waals surface area contributed by atoms with E-state index in [1.165, 1.54) is 21.3 Å². The van der Waals surface area contributed by atoms with Crippen molar-refractivity contribution >= 4 is 22.8 Å². The summed E-state index contributed by atoms with van der Waals surface area (Å²) in [6, 6.07) is 21.0. The summed E-state index contributed by atoms with van der Waals surface area (Å²) in [6.07, 6.45) is 0.443. The van der Waals surface area contributed by atoms with E-state index in [1.807, 2.05) is 77.9 Å². The summed E-state index contributed by atoms with van der Waals surface area (Å²) in [5.41, 5.74) is 3.15. The van der Waals surface area contributed by atoms with Crippen molar-refractivity contribution in [3.63, 3.8) is 0 Å².